The van der Waals surface area contributed by atoms with E-state index in [0.717, 1.165) is 0 Å². The Morgan fingerprint density at radius 2 is 1.86 bits per heavy atom. The molecule has 0 aromatic heterocycles. The molecule has 0 fully saturated rings. The number of alkyl halides is 3. The lowest BCUT2D eigenvalue weighted by atomic mass is 10.4. The molecule has 6 nitrogen and oxygen atoms in total. The highest BCUT2D eigenvalue weighted by Crippen LogP contribution is 2.17. The number of nitrogens with zero attached hydrogens (tertiary/aromatic N) is 2. The number of halogens is 3. The Hall–Kier alpha value is -1.03. The zero-order chi connectivity index (χ0) is 17.2. The second kappa shape index (κ2) is 9.88. The summed E-state index contributed by atoms with van der Waals surface area (Å²) >= 11 is 0. The molecule has 0 bridgehead atoms. The average Bonchev–Trinajstić information content (AvgIpc) is 2.41. The van der Waals surface area contributed by atoms with Gasteiger partial charge in [0.25, 0.3) is 0 Å². The predicted octanol–water partition coefficient (Wildman–Crippen LogP) is 1.17. The molecule has 0 saturated carbocycles. The first-order valence-electron chi connectivity index (χ1n) is 7.15. The van der Waals surface area contributed by atoms with Crippen LogP contribution in [0.15, 0.2) is 4.99 Å². The fourth-order valence-electron chi connectivity index (χ4n) is 1.51. The topological polar surface area (TPSA) is 73.8 Å². The van der Waals surface area contributed by atoms with Gasteiger partial charge >= 0.3 is 6.18 Å². The number of hydrogen-bond donors (Lipinski definition) is 2. The van der Waals surface area contributed by atoms with Gasteiger partial charge in [-0.3, -0.25) is 4.99 Å². The molecule has 0 unspecified atom stereocenters. The number of guanidine groups is 1. The maximum atomic E-state index is 12.1. The summed E-state index contributed by atoms with van der Waals surface area (Å²) in [5.41, 5.74) is 0. The van der Waals surface area contributed by atoms with Crippen molar-refractivity contribution < 1.29 is 21.6 Å². The Morgan fingerprint density at radius 1 is 1.23 bits per heavy atom. The normalized spacial score (nSPS) is 13.5. The maximum Gasteiger partial charge on any atom is 0.390 e. The van der Waals surface area contributed by atoms with Gasteiger partial charge in [0.1, 0.15) is 0 Å². The van der Waals surface area contributed by atoms with Gasteiger partial charge < -0.3 is 10.6 Å². The molecule has 10 heteroatoms. The molecule has 0 aromatic rings. The van der Waals surface area contributed by atoms with Crippen LogP contribution in [0.1, 0.15) is 26.7 Å². The fraction of sp³-hybridized carbons (Fsp3) is 0.917. The van der Waals surface area contributed by atoms with Crippen LogP contribution < -0.4 is 10.6 Å². The van der Waals surface area contributed by atoms with E-state index in [9.17, 15) is 21.6 Å². The van der Waals surface area contributed by atoms with Crippen molar-refractivity contribution in [3.63, 3.8) is 0 Å². The third-order valence-corrected chi connectivity index (χ3v) is 4.65. The second-order valence-corrected chi connectivity index (χ2v) is 6.99. The van der Waals surface area contributed by atoms with Crippen molar-refractivity contribution in [1.29, 1.82) is 0 Å². The van der Waals surface area contributed by atoms with E-state index in [-0.39, 0.29) is 12.3 Å². The fourth-order valence-corrected chi connectivity index (χ4v) is 2.36. The van der Waals surface area contributed by atoms with Gasteiger partial charge in [-0.25, -0.2) is 12.7 Å². The summed E-state index contributed by atoms with van der Waals surface area (Å²) in [6.07, 6.45) is -4.65. The zero-order valence-corrected chi connectivity index (χ0v) is 14.0. The Kier molecular flexibility index (Phi) is 9.42. The molecule has 2 N–H and O–H groups in total. The minimum Gasteiger partial charge on any atom is -0.357 e. The second-order valence-electron chi connectivity index (χ2n) is 4.63. The molecule has 0 aliphatic carbocycles. The molecular weight excluding hydrogens is 321 g/mol. The maximum absolute atomic E-state index is 12.1. The molecule has 0 radical (unpaired) electrons. The van der Waals surface area contributed by atoms with Crippen molar-refractivity contribution in [3.8, 4) is 0 Å². The highest BCUT2D eigenvalue weighted by atomic mass is 32.2. The first-order chi connectivity index (χ1) is 10.1. The molecule has 0 heterocycles. The van der Waals surface area contributed by atoms with Crippen LogP contribution in [-0.4, -0.2) is 63.8 Å². The number of sulfonamides is 1. The highest BCUT2D eigenvalue weighted by Gasteiger charge is 2.26. The molecule has 132 valence electrons. The molecule has 0 amide bonds. The molecule has 0 aliphatic rings. The summed E-state index contributed by atoms with van der Waals surface area (Å²) in [4.78, 5) is 4.12. The Labute approximate surface area is 130 Å². The summed E-state index contributed by atoms with van der Waals surface area (Å²) in [5.74, 6) is 0.335. The van der Waals surface area contributed by atoms with E-state index in [1.807, 2.05) is 6.92 Å². The van der Waals surface area contributed by atoms with Gasteiger partial charge in [0.2, 0.25) is 10.0 Å². The number of hydrogen-bond acceptors (Lipinski definition) is 3. The minimum absolute atomic E-state index is 0.0361. The molecule has 0 aromatic carbocycles. The first kappa shape index (κ1) is 21.0. The lowest BCUT2D eigenvalue weighted by molar-refractivity contribution is -0.132. The van der Waals surface area contributed by atoms with Crippen LogP contribution in [0, 0.1) is 0 Å². The molecule has 0 aliphatic heterocycles. The lowest BCUT2D eigenvalue weighted by Gasteiger charge is -2.15. The number of aliphatic imine (C=N–C) groups is 1. The van der Waals surface area contributed by atoms with Gasteiger partial charge in [0.15, 0.2) is 5.96 Å². The average molecular weight is 346 g/mol. The first-order valence-corrected chi connectivity index (χ1v) is 8.76. The van der Waals surface area contributed by atoms with Crippen molar-refractivity contribution >= 4 is 16.0 Å². The largest absolute Gasteiger partial charge is 0.390 e. The summed E-state index contributed by atoms with van der Waals surface area (Å²) in [6, 6.07) is 0. The smallest absolute Gasteiger partial charge is 0.357 e. The van der Waals surface area contributed by atoms with Crippen LogP contribution in [-0.2, 0) is 10.0 Å². The van der Waals surface area contributed by atoms with E-state index >= 15 is 0 Å². The molecular formula is C12H25F3N4O2S. The third kappa shape index (κ3) is 9.82. The van der Waals surface area contributed by atoms with Crippen molar-refractivity contribution in [2.75, 3.05) is 39.0 Å². The van der Waals surface area contributed by atoms with Crippen LogP contribution in [0.2, 0.25) is 0 Å². The zero-order valence-electron chi connectivity index (χ0n) is 13.2. The summed E-state index contributed by atoms with van der Waals surface area (Å²) in [5, 5.41) is 5.43. The highest BCUT2D eigenvalue weighted by molar-refractivity contribution is 7.89. The van der Waals surface area contributed by atoms with E-state index in [1.165, 1.54) is 11.4 Å². The van der Waals surface area contributed by atoms with Crippen LogP contribution in [0.5, 0.6) is 0 Å². The van der Waals surface area contributed by atoms with Crippen molar-refractivity contribution in [2.45, 2.75) is 32.9 Å². The van der Waals surface area contributed by atoms with Crippen molar-refractivity contribution in [3.05, 3.63) is 0 Å². The quantitative estimate of drug-likeness (QED) is 0.373. The van der Waals surface area contributed by atoms with Crippen LogP contribution >= 0.6 is 0 Å². The minimum atomic E-state index is -4.21. The van der Waals surface area contributed by atoms with Gasteiger partial charge in [-0.15, -0.1) is 0 Å². The van der Waals surface area contributed by atoms with E-state index < -0.39 is 22.6 Å². The van der Waals surface area contributed by atoms with Crippen molar-refractivity contribution in [2.24, 2.45) is 4.99 Å². The lowest BCUT2D eigenvalue weighted by Crippen LogP contribution is -2.39. The van der Waals surface area contributed by atoms with Crippen LogP contribution in [0.3, 0.4) is 0 Å². The van der Waals surface area contributed by atoms with E-state index in [1.54, 1.807) is 6.92 Å². The Balaban J connectivity index is 4.22. The van der Waals surface area contributed by atoms with Crippen LogP contribution in [0.25, 0.3) is 0 Å². The Bertz CT molecular complexity index is 438. The van der Waals surface area contributed by atoms with Gasteiger partial charge in [0, 0.05) is 33.2 Å². The van der Waals surface area contributed by atoms with E-state index in [4.69, 9.17) is 0 Å². The van der Waals surface area contributed by atoms with Gasteiger partial charge in [-0.2, -0.15) is 13.2 Å². The number of rotatable bonds is 9. The van der Waals surface area contributed by atoms with Gasteiger partial charge in [-0.05, 0) is 20.3 Å². The molecule has 0 spiro atoms. The van der Waals surface area contributed by atoms with Gasteiger partial charge in [-0.1, -0.05) is 0 Å². The monoisotopic (exact) mass is 346 g/mol. The summed E-state index contributed by atoms with van der Waals surface area (Å²) in [7, 11) is -1.72. The number of nitrogens with one attached hydrogen (secondary N) is 2. The Morgan fingerprint density at radius 3 is 2.36 bits per heavy atom. The summed E-state index contributed by atoms with van der Waals surface area (Å²) < 4.78 is 60.5. The van der Waals surface area contributed by atoms with Gasteiger partial charge in [0.05, 0.1) is 12.2 Å². The van der Waals surface area contributed by atoms with E-state index in [0.29, 0.717) is 32.0 Å². The predicted molar refractivity (Wildman–Crippen MR) is 81.4 cm³/mol. The van der Waals surface area contributed by atoms with Crippen molar-refractivity contribution in [1.82, 2.24) is 14.9 Å². The molecule has 0 atom stereocenters. The SMILES string of the molecule is CCNC(=NCCCN(C)S(=O)(=O)CC)NCCC(F)(F)F. The molecule has 0 rings (SSSR count). The third-order valence-electron chi connectivity index (χ3n) is 2.79. The van der Waals surface area contributed by atoms with E-state index in [2.05, 4.69) is 15.6 Å². The molecule has 22 heavy (non-hydrogen) atoms. The standard InChI is InChI=1S/C12H25F3N4O2S/c1-4-16-11(18-9-7-12(13,14)15)17-8-6-10-19(3)22(20,21)5-2/h4-10H2,1-3H3,(H2,16,17,18). The molecule has 0 saturated heterocycles. The van der Waals surface area contributed by atoms with Crippen LogP contribution in [0.4, 0.5) is 13.2 Å². The summed E-state index contributed by atoms with van der Waals surface area (Å²) in [6.45, 7) is 4.30.